The first-order valence-corrected chi connectivity index (χ1v) is 9.52. The molecular weight excluding hydrogens is 340 g/mol. The molecule has 0 bridgehead atoms. The molecule has 0 unspecified atom stereocenters. The number of benzene rings is 2. The zero-order valence-corrected chi connectivity index (χ0v) is 15.9. The van der Waals surface area contributed by atoms with Crippen LogP contribution in [0.25, 0.3) is 21.7 Å². The molecule has 0 atom stereocenters. The number of fused-ring (bicyclic) bond motifs is 3. The number of nitrogens with one attached hydrogen (secondary N) is 2. The van der Waals surface area contributed by atoms with E-state index < -0.39 is 0 Å². The summed E-state index contributed by atoms with van der Waals surface area (Å²) in [6, 6.07) is 12.2. The summed E-state index contributed by atoms with van der Waals surface area (Å²) in [5.74, 6) is 0.254. The maximum Gasteiger partial charge on any atom is 0.287 e. The molecule has 5 nitrogen and oxygen atoms in total. The standard InChI is InChI=1S/C22H26N2O3/c1-15-17-8-7-16-5-3-4-6-18(16)20(17)27-19(15)21(25)24-13-22(14-26-2)9-11-23-12-10-22/h3-8,23H,9-14H2,1-2H3,(H,24,25). The van der Waals surface area contributed by atoms with E-state index in [1.807, 2.05) is 31.2 Å². The average molecular weight is 366 g/mol. The third-order valence-electron chi connectivity index (χ3n) is 5.77. The van der Waals surface area contributed by atoms with Gasteiger partial charge in [-0.2, -0.15) is 0 Å². The third kappa shape index (κ3) is 3.33. The van der Waals surface area contributed by atoms with Crippen molar-refractivity contribution in [3.8, 4) is 0 Å². The highest BCUT2D eigenvalue weighted by molar-refractivity contribution is 6.08. The highest BCUT2D eigenvalue weighted by Gasteiger charge is 2.33. The second-order valence-electron chi connectivity index (χ2n) is 7.59. The maximum absolute atomic E-state index is 12.9. The van der Waals surface area contributed by atoms with E-state index in [2.05, 4.69) is 22.8 Å². The third-order valence-corrected chi connectivity index (χ3v) is 5.77. The second kappa shape index (κ2) is 7.33. The van der Waals surface area contributed by atoms with Crippen LogP contribution in [0.3, 0.4) is 0 Å². The highest BCUT2D eigenvalue weighted by atomic mass is 16.5. The van der Waals surface area contributed by atoms with Gasteiger partial charge in [-0.25, -0.2) is 0 Å². The molecule has 2 heterocycles. The van der Waals surface area contributed by atoms with E-state index in [0.717, 1.165) is 53.2 Å². The minimum absolute atomic E-state index is 0.0116. The van der Waals surface area contributed by atoms with E-state index in [9.17, 15) is 4.79 Å². The lowest BCUT2D eigenvalue weighted by Gasteiger charge is -2.37. The first-order chi connectivity index (χ1) is 13.1. The number of rotatable bonds is 5. The van der Waals surface area contributed by atoms with E-state index in [0.29, 0.717) is 18.9 Å². The quantitative estimate of drug-likeness (QED) is 0.724. The predicted molar refractivity (Wildman–Crippen MR) is 107 cm³/mol. The van der Waals surface area contributed by atoms with Crippen LogP contribution >= 0.6 is 0 Å². The summed E-state index contributed by atoms with van der Waals surface area (Å²) in [7, 11) is 1.72. The molecule has 1 amide bonds. The Morgan fingerprint density at radius 2 is 1.96 bits per heavy atom. The Bertz CT molecular complexity index is 965. The summed E-state index contributed by atoms with van der Waals surface area (Å²) in [6.45, 7) is 5.10. The first-order valence-electron chi connectivity index (χ1n) is 9.52. The lowest BCUT2D eigenvalue weighted by molar-refractivity contribution is 0.0506. The number of hydrogen-bond donors (Lipinski definition) is 2. The fourth-order valence-corrected chi connectivity index (χ4v) is 4.15. The Labute approximate surface area is 159 Å². The maximum atomic E-state index is 12.9. The zero-order chi connectivity index (χ0) is 18.9. The van der Waals surface area contributed by atoms with Crippen molar-refractivity contribution >= 4 is 27.6 Å². The van der Waals surface area contributed by atoms with Gasteiger partial charge in [0.25, 0.3) is 5.91 Å². The molecule has 3 aromatic rings. The van der Waals surface area contributed by atoms with Crippen LogP contribution in [0.4, 0.5) is 0 Å². The zero-order valence-electron chi connectivity index (χ0n) is 15.9. The number of amides is 1. The van der Waals surface area contributed by atoms with Crippen molar-refractivity contribution in [2.24, 2.45) is 5.41 Å². The van der Waals surface area contributed by atoms with Crippen molar-refractivity contribution in [3.05, 3.63) is 47.7 Å². The molecule has 27 heavy (non-hydrogen) atoms. The van der Waals surface area contributed by atoms with E-state index in [1.165, 1.54) is 0 Å². The van der Waals surface area contributed by atoms with Gasteiger partial charge in [-0.15, -0.1) is 0 Å². The lowest BCUT2D eigenvalue weighted by atomic mass is 9.79. The van der Waals surface area contributed by atoms with Gasteiger partial charge in [-0.1, -0.05) is 36.4 Å². The van der Waals surface area contributed by atoms with Crippen LogP contribution in [0.1, 0.15) is 29.0 Å². The highest BCUT2D eigenvalue weighted by Crippen LogP contribution is 2.32. The molecule has 2 aromatic carbocycles. The van der Waals surface area contributed by atoms with Gasteiger partial charge in [0.1, 0.15) is 5.58 Å². The number of furan rings is 1. The molecule has 0 aliphatic carbocycles. The van der Waals surface area contributed by atoms with Gasteiger partial charge in [0.15, 0.2) is 5.76 Å². The average Bonchev–Trinajstić information content (AvgIpc) is 3.04. The van der Waals surface area contributed by atoms with Crippen molar-refractivity contribution in [1.82, 2.24) is 10.6 Å². The summed E-state index contributed by atoms with van der Waals surface area (Å²) < 4.78 is 11.5. The minimum Gasteiger partial charge on any atom is -0.450 e. The van der Waals surface area contributed by atoms with Gasteiger partial charge in [-0.05, 0) is 38.2 Å². The van der Waals surface area contributed by atoms with Crippen LogP contribution in [-0.4, -0.2) is 39.3 Å². The number of carbonyl (C=O) groups excluding carboxylic acids is 1. The summed E-state index contributed by atoms with van der Waals surface area (Å²) >= 11 is 0. The number of piperidine rings is 1. The van der Waals surface area contributed by atoms with Gasteiger partial charge in [0.2, 0.25) is 0 Å². The Hall–Kier alpha value is -2.37. The van der Waals surface area contributed by atoms with Gasteiger partial charge in [0, 0.05) is 35.4 Å². The SMILES string of the molecule is COCC1(CNC(=O)c2oc3c(ccc4ccccc43)c2C)CCNCC1. The molecule has 4 rings (SSSR count). The molecule has 2 N–H and O–H groups in total. The topological polar surface area (TPSA) is 63.5 Å². The summed E-state index contributed by atoms with van der Waals surface area (Å²) in [4.78, 5) is 12.9. The lowest BCUT2D eigenvalue weighted by Crippen LogP contribution is -2.47. The number of carbonyl (C=O) groups is 1. The second-order valence-corrected chi connectivity index (χ2v) is 7.59. The number of aryl methyl sites for hydroxylation is 1. The smallest absolute Gasteiger partial charge is 0.287 e. The van der Waals surface area contributed by atoms with Crippen LogP contribution in [0.2, 0.25) is 0 Å². The minimum atomic E-state index is -0.151. The van der Waals surface area contributed by atoms with Crippen LogP contribution in [0.15, 0.2) is 40.8 Å². The first kappa shape index (κ1) is 18.0. The fourth-order valence-electron chi connectivity index (χ4n) is 4.15. The number of methoxy groups -OCH3 is 1. The van der Waals surface area contributed by atoms with Gasteiger partial charge in [-0.3, -0.25) is 4.79 Å². The van der Waals surface area contributed by atoms with Gasteiger partial charge in [0.05, 0.1) is 6.61 Å². The molecule has 5 heteroatoms. The summed E-state index contributed by atoms with van der Waals surface area (Å²) in [5, 5.41) is 9.62. The van der Waals surface area contributed by atoms with Crippen molar-refractivity contribution < 1.29 is 13.9 Å². The van der Waals surface area contributed by atoms with E-state index in [1.54, 1.807) is 7.11 Å². The van der Waals surface area contributed by atoms with Crippen molar-refractivity contribution in [2.75, 3.05) is 33.4 Å². The van der Waals surface area contributed by atoms with Gasteiger partial charge < -0.3 is 19.8 Å². The normalized spacial score (nSPS) is 16.7. The summed E-state index contributed by atoms with van der Waals surface area (Å²) in [6.07, 6.45) is 1.98. The largest absolute Gasteiger partial charge is 0.450 e. The van der Waals surface area contributed by atoms with E-state index >= 15 is 0 Å². The van der Waals surface area contributed by atoms with Crippen LogP contribution in [0.5, 0.6) is 0 Å². The Balaban J connectivity index is 1.61. The fraction of sp³-hybridized carbons (Fsp3) is 0.409. The van der Waals surface area contributed by atoms with E-state index in [-0.39, 0.29) is 11.3 Å². The predicted octanol–water partition coefficient (Wildman–Crippen LogP) is 3.64. The number of ether oxygens (including phenoxy) is 1. The Morgan fingerprint density at radius 3 is 2.74 bits per heavy atom. The molecule has 0 saturated carbocycles. The molecule has 0 spiro atoms. The molecular formula is C22H26N2O3. The van der Waals surface area contributed by atoms with Crippen molar-refractivity contribution in [3.63, 3.8) is 0 Å². The molecule has 1 aliphatic rings. The Morgan fingerprint density at radius 1 is 1.19 bits per heavy atom. The van der Waals surface area contributed by atoms with Gasteiger partial charge >= 0.3 is 0 Å². The molecule has 1 aliphatic heterocycles. The Kier molecular flexibility index (Phi) is 4.89. The van der Waals surface area contributed by atoms with Crippen LogP contribution < -0.4 is 10.6 Å². The molecule has 1 fully saturated rings. The molecule has 0 radical (unpaired) electrons. The van der Waals surface area contributed by atoms with Crippen molar-refractivity contribution in [1.29, 1.82) is 0 Å². The van der Waals surface area contributed by atoms with E-state index in [4.69, 9.17) is 9.15 Å². The van der Waals surface area contributed by atoms with Crippen molar-refractivity contribution in [2.45, 2.75) is 19.8 Å². The van der Waals surface area contributed by atoms with Crippen LogP contribution in [0, 0.1) is 12.3 Å². The monoisotopic (exact) mass is 366 g/mol. The molecule has 1 saturated heterocycles. The van der Waals surface area contributed by atoms with Crippen LogP contribution in [-0.2, 0) is 4.74 Å². The summed E-state index contributed by atoms with van der Waals surface area (Å²) in [5.41, 5.74) is 1.66. The molecule has 1 aromatic heterocycles. The number of hydrogen-bond acceptors (Lipinski definition) is 4. The molecule has 142 valence electrons.